The number of hydrogen-bond donors (Lipinski definition) is 0. The van der Waals surface area contributed by atoms with Crippen molar-refractivity contribution in [2.45, 2.75) is 144 Å². The standard InChI is InChI=1S/C34H55NO6/c1-19(2)23-12-10-21(5)16-28(23)39-30(36)18-25-26-14-15-27(35(26)33(38)41-34(7,8)9)31(25)32(37)40-29-17-22(6)11-13-24(29)20(3)4/h18-24,26-29,31H,10-17H2,1-9H3/t21-,22-,23+,24+,26-,27+,28-,29-,31+/m1/s1. The van der Waals surface area contributed by atoms with E-state index in [1.807, 2.05) is 20.8 Å². The Morgan fingerprint density at radius 2 is 1.34 bits per heavy atom. The van der Waals surface area contributed by atoms with Crippen molar-refractivity contribution < 1.29 is 28.6 Å². The summed E-state index contributed by atoms with van der Waals surface area (Å²) in [4.78, 5) is 42.6. The summed E-state index contributed by atoms with van der Waals surface area (Å²) in [7, 11) is 0. The summed E-state index contributed by atoms with van der Waals surface area (Å²) < 4.78 is 18.2. The number of amides is 1. The average Bonchev–Trinajstić information content (AvgIpc) is 3.39. The molecule has 2 bridgehead atoms. The number of ether oxygens (including phenoxy) is 3. The van der Waals surface area contributed by atoms with Crippen molar-refractivity contribution >= 4 is 18.0 Å². The van der Waals surface area contributed by atoms with Gasteiger partial charge in [0.25, 0.3) is 0 Å². The van der Waals surface area contributed by atoms with Gasteiger partial charge in [0.1, 0.15) is 23.7 Å². The van der Waals surface area contributed by atoms with Gasteiger partial charge in [-0.3, -0.25) is 9.69 Å². The van der Waals surface area contributed by atoms with Gasteiger partial charge in [-0.1, -0.05) is 54.4 Å². The van der Waals surface area contributed by atoms with E-state index in [1.165, 1.54) is 6.08 Å². The van der Waals surface area contributed by atoms with Gasteiger partial charge in [0.2, 0.25) is 0 Å². The van der Waals surface area contributed by atoms with Crippen LogP contribution in [0.4, 0.5) is 4.79 Å². The van der Waals surface area contributed by atoms with E-state index in [0.29, 0.717) is 53.9 Å². The molecule has 2 heterocycles. The SMILES string of the molecule is CC(C)[C@@H]1CC[C@@H](C)C[C@H]1OC(=O)C=C1[C@H](C(=O)O[C@@H]2C[C@H](C)CC[C@H]2C(C)C)[C@@H]2CC[C@H]1N2C(=O)OC(C)(C)C. The van der Waals surface area contributed by atoms with Crippen LogP contribution in [0.25, 0.3) is 0 Å². The van der Waals surface area contributed by atoms with Gasteiger partial charge in [0.15, 0.2) is 0 Å². The first-order valence-corrected chi connectivity index (χ1v) is 16.3. The Bertz CT molecular complexity index is 996. The first-order chi connectivity index (χ1) is 19.2. The summed E-state index contributed by atoms with van der Waals surface area (Å²) in [5.74, 6) is 1.08. The van der Waals surface area contributed by atoms with E-state index >= 15 is 0 Å². The van der Waals surface area contributed by atoms with E-state index in [0.717, 1.165) is 38.5 Å². The molecular formula is C34H55NO6. The van der Waals surface area contributed by atoms with E-state index in [1.54, 1.807) is 4.90 Å². The number of esters is 2. The third-order valence-electron chi connectivity index (χ3n) is 10.2. The van der Waals surface area contributed by atoms with Gasteiger partial charge in [0, 0.05) is 6.08 Å². The van der Waals surface area contributed by atoms with Gasteiger partial charge in [-0.25, -0.2) is 9.59 Å². The second-order valence-corrected chi connectivity index (χ2v) is 15.3. The highest BCUT2D eigenvalue weighted by Gasteiger charge is 2.57. The lowest BCUT2D eigenvalue weighted by atomic mass is 9.75. The lowest BCUT2D eigenvalue weighted by Crippen LogP contribution is -2.43. The predicted octanol–water partition coefficient (Wildman–Crippen LogP) is 7.32. The monoisotopic (exact) mass is 573 g/mol. The van der Waals surface area contributed by atoms with Crippen LogP contribution in [0.15, 0.2) is 11.6 Å². The third kappa shape index (κ3) is 7.30. The van der Waals surface area contributed by atoms with Crippen LogP contribution in [0.5, 0.6) is 0 Å². The number of rotatable bonds is 6. The smallest absolute Gasteiger partial charge is 0.411 e. The number of carbonyl (C=O) groups is 3. The largest absolute Gasteiger partial charge is 0.462 e. The van der Waals surface area contributed by atoms with Crippen LogP contribution in [0, 0.1) is 41.4 Å². The molecule has 7 nitrogen and oxygen atoms in total. The Morgan fingerprint density at radius 3 is 1.85 bits per heavy atom. The quantitative estimate of drug-likeness (QED) is 0.188. The molecular weight excluding hydrogens is 518 g/mol. The topological polar surface area (TPSA) is 82.1 Å². The van der Waals surface area contributed by atoms with Gasteiger partial charge in [-0.15, -0.1) is 0 Å². The summed E-state index contributed by atoms with van der Waals surface area (Å²) in [6.07, 6.45) is 8.27. The highest BCUT2D eigenvalue weighted by molar-refractivity contribution is 5.88. The number of nitrogens with zero attached hydrogens (tertiary/aromatic N) is 1. The Kier molecular flexibility index (Phi) is 9.85. The molecule has 2 saturated heterocycles. The first-order valence-electron chi connectivity index (χ1n) is 16.3. The zero-order valence-corrected chi connectivity index (χ0v) is 27.0. The van der Waals surface area contributed by atoms with Crippen LogP contribution in [0.1, 0.15) is 114 Å². The van der Waals surface area contributed by atoms with E-state index in [9.17, 15) is 14.4 Å². The number of carbonyl (C=O) groups excluding carboxylic acids is 3. The minimum Gasteiger partial charge on any atom is -0.462 e. The highest BCUT2D eigenvalue weighted by atomic mass is 16.6. The van der Waals surface area contributed by atoms with E-state index in [-0.39, 0.29) is 30.3 Å². The van der Waals surface area contributed by atoms with Crippen LogP contribution in [-0.2, 0) is 23.8 Å². The maximum absolute atomic E-state index is 14.0. The van der Waals surface area contributed by atoms with Crippen molar-refractivity contribution in [1.82, 2.24) is 4.90 Å². The molecule has 4 fully saturated rings. The molecule has 4 rings (SSSR count). The fraction of sp³-hybridized carbons (Fsp3) is 0.853. The molecule has 0 aromatic rings. The molecule has 4 aliphatic rings. The minimum atomic E-state index is -0.676. The highest BCUT2D eigenvalue weighted by Crippen LogP contribution is 2.48. The van der Waals surface area contributed by atoms with Crippen molar-refractivity contribution in [2.24, 2.45) is 41.4 Å². The third-order valence-corrected chi connectivity index (χ3v) is 10.2. The van der Waals surface area contributed by atoms with E-state index in [4.69, 9.17) is 14.2 Å². The maximum Gasteiger partial charge on any atom is 0.411 e. The van der Waals surface area contributed by atoms with Crippen LogP contribution >= 0.6 is 0 Å². The molecule has 0 spiro atoms. The maximum atomic E-state index is 14.0. The molecule has 2 saturated carbocycles. The summed E-state index contributed by atoms with van der Waals surface area (Å²) in [6.45, 7) is 18.7. The molecule has 1 amide bonds. The molecule has 2 aliphatic heterocycles. The van der Waals surface area contributed by atoms with Gasteiger partial charge < -0.3 is 14.2 Å². The summed E-state index contributed by atoms with van der Waals surface area (Å²) in [5, 5.41) is 0. The minimum absolute atomic E-state index is 0.135. The second kappa shape index (κ2) is 12.7. The molecule has 0 aromatic heterocycles. The molecule has 0 unspecified atom stereocenters. The molecule has 9 atom stereocenters. The molecule has 41 heavy (non-hydrogen) atoms. The summed E-state index contributed by atoms with van der Waals surface area (Å²) in [6, 6.07) is -0.740. The van der Waals surface area contributed by atoms with Crippen LogP contribution < -0.4 is 0 Å². The molecule has 0 radical (unpaired) electrons. The summed E-state index contributed by atoms with van der Waals surface area (Å²) >= 11 is 0. The van der Waals surface area contributed by atoms with Crippen molar-refractivity contribution in [3.05, 3.63) is 11.6 Å². The van der Waals surface area contributed by atoms with Crippen LogP contribution in [-0.4, -0.2) is 52.8 Å². The zero-order valence-electron chi connectivity index (χ0n) is 27.0. The normalized spacial score (nSPS) is 36.6. The van der Waals surface area contributed by atoms with Crippen molar-refractivity contribution in [1.29, 1.82) is 0 Å². The zero-order chi connectivity index (χ0) is 30.2. The number of hydrogen-bond acceptors (Lipinski definition) is 6. The van der Waals surface area contributed by atoms with Gasteiger partial charge in [-0.05, 0) is 100 Å². The molecule has 0 aromatic carbocycles. The lowest BCUT2D eigenvalue weighted by molar-refractivity contribution is -0.160. The lowest BCUT2D eigenvalue weighted by Gasteiger charge is -2.37. The van der Waals surface area contributed by atoms with Gasteiger partial charge in [-0.2, -0.15) is 0 Å². The van der Waals surface area contributed by atoms with Gasteiger partial charge >= 0.3 is 18.0 Å². The summed E-state index contributed by atoms with van der Waals surface area (Å²) in [5.41, 5.74) is -0.0125. The van der Waals surface area contributed by atoms with Crippen LogP contribution in [0.3, 0.4) is 0 Å². The molecule has 0 N–H and O–H groups in total. The van der Waals surface area contributed by atoms with E-state index in [2.05, 4.69) is 41.5 Å². The molecule has 7 heteroatoms. The number of fused-ring (bicyclic) bond motifs is 2. The van der Waals surface area contributed by atoms with Crippen molar-refractivity contribution in [3.8, 4) is 0 Å². The first kappa shape index (κ1) is 31.9. The Balaban J connectivity index is 1.60. The second-order valence-electron chi connectivity index (χ2n) is 15.3. The van der Waals surface area contributed by atoms with Crippen LogP contribution in [0.2, 0.25) is 0 Å². The molecule has 232 valence electrons. The fourth-order valence-electron chi connectivity index (χ4n) is 8.02. The Labute approximate surface area is 248 Å². The van der Waals surface area contributed by atoms with Crippen molar-refractivity contribution in [3.63, 3.8) is 0 Å². The fourth-order valence-corrected chi connectivity index (χ4v) is 8.02. The predicted molar refractivity (Wildman–Crippen MR) is 159 cm³/mol. The Hall–Kier alpha value is -2.05. The Morgan fingerprint density at radius 1 is 0.805 bits per heavy atom. The van der Waals surface area contributed by atoms with Gasteiger partial charge in [0.05, 0.1) is 12.1 Å². The average molecular weight is 574 g/mol. The molecule has 2 aliphatic carbocycles. The van der Waals surface area contributed by atoms with E-state index < -0.39 is 23.6 Å². The van der Waals surface area contributed by atoms with Crippen molar-refractivity contribution in [2.75, 3.05) is 0 Å².